The van der Waals surface area contributed by atoms with Gasteiger partial charge in [0.1, 0.15) is 11.6 Å². The van der Waals surface area contributed by atoms with Crippen molar-refractivity contribution in [3.05, 3.63) is 65.4 Å². The lowest BCUT2D eigenvalue weighted by Crippen LogP contribution is -2.28. The number of anilines is 1. The Balaban J connectivity index is 2.05. The van der Waals surface area contributed by atoms with E-state index < -0.39 is 11.9 Å². The maximum atomic E-state index is 12.5. The summed E-state index contributed by atoms with van der Waals surface area (Å²) in [5.74, 6) is 0.192. The molecule has 1 amide bonds. The zero-order chi connectivity index (χ0) is 22.8. The van der Waals surface area contributed by atoms with Gasteiger partial charge in [-0.15, -0.1) is 0 Å². The van der Waals surface area contributed by atoms with Crippen LogP contribution in [0.5, 0.6) is 11.5 Å². The van der Waals surface area contributed by atoms with E-state index in [-0.39, 0.29) is 11.6 Å². The van der Waals surface area contributed by atoms with Crippen LogP contribution in [0.2, 0.25) is 0 Å². The summed E-state index contributed by atoms with van der Waals surface area (Å²) in [6.45, 7) is 3.83. The van der Waals surface area contributed by atoms with E-state index in [9.17, 15) is 14.9 Å². The second-order valence-electron chi connectivity index (χ2n) is 6.42. The lowest BCUT2D eigenvalue weighted by molar-refractivity contribution is -0.117. The van der Waals surface area contributed by atoms with Crippen LogP contribution in [0.15, 0.2) is 54.2 Å². The molecule has 2 aromatic rings. The molecule has 0 spiro atoms. The van der Waals surface area contributed by atoms with Gasteiger partial charge >= 0.3 is 5.97 Å². The number of nitriles is 1. The third-order valence-electron chi connectivity index (χ3n) is 4.40. The minimum Gasteiger partial charge on any atom is -0.493 e. The van der Waals surface area contributed by atoms with Gasteiger partial charge in [-0.3, -0.25) is 4.79 Å². The number of nitrogens with zero attached hydrogens (tertiary/aromatic N) is 1. The van der Waals surface area contributed by atoms with Crippen LogP contribution in [0.4, 0.5) is 5.69 Å². The van der Waals surface area contributed by atoms with E-state index in [2.05, 4.69) is 10.6 Å². The normalized spacial score (nSPS) is 11.6. The van der Waals surface area contributed by atoms with E-state index in [4.69, 9.17) is 14.2 Å². The predicted octanol–water partition coefficient (Wildman–Crippen LogP) is 3.58. The van der Waals surface area contributed by atoms with Gasteiger partial charge in [0.15, 0.2) is 11.5 Å². The van der Waals surface area contributed by atoms with E-state index in [1.165, 1.54) is 13.3 Å². The van der Waals surface area contributed by atoms with E-state index in [0.29, 0.717) is 29.4 Å². The van der Waals surface area contributed by atoms with E-state index in [1.54, 1.807) is 57.4 Å². The number of hydrogen-bond acceptors (Lipinski definition) is 7. The fourth-order valence-corrected chi connectivity index (χ4v) is 2.70. The number of carbonyl (C=O) groups is 2. The van der Waals surface area contributed by atoms with E-state index >= 15 is 0 Å². The van der Waals surface area contributed by atoms with Crippen LogP contribution in [-0.2, 0) is 9.53 Å². The SMILES string of the molecule is CCOC(=O)c1ccc(N/C=C(/C#N)C(=O)NC(C)c2ccc(OC)c(OC)c2)cc1. The van der Waals surface area contributed by atoms with Crippen molar-refractivity contribution in [2.45, 2.75) is 19.9 Å². The standard InChI is InChI=1S/C23H25N3O5/c1-5-31-23(28)16-6-9-19(10-7-16)25-14-18(13-24)22(27)26-15(2)17-8-11-20(29-3)21(12-17)30-4/h6-12,14-15,25H,5H2,1-4H3,(H,26,27)/b18-14-. The monoisotopic (exact) mass is 423 g/mol. The molecule has 0 aliphatic carbocycles. The number of esters is 1. The van der Waals surface area contributed by atoms with Crippen LogP contribution in [0, 0.1) is 11.3 Å². The fraction of sp³-hybridized carbons (Fsp3) is 0.261. The average molecular weight is 423 g/mol. The smallest absolute Gasteiger partial charge is 0.338 e. The fourth-order valence-electron chi connectivity index (χ4n) is 2.70. The number of amides is 1. The third-order valence-corrected chi connectivity index (χ3v) is 4.40. The summed E-state index contributed by atoms with van der Waals surface area (Å²) in [7, 11) is 3.08. The van der Waals surface area contributed by atoms with Crippen molar-refractivity contribution in [3.8, 4) is 17.6 Å². The van der Waals surface area contributed by atoms with Gasteiger partial charge < -0.3 is 24.8 Å². The highest BCUT2D eigenvalue weighted by molar-refractivity contribution is 5.97. The lowest BCUT2D eigenvalue weighted by Gasteiger charge is -2.16. The molecule has 0 saturated carbocycles. The van der Waals surface area contributed by atoms with Crippen LogP contribution in [0.1, 0.15) is 35.8 Å². The lowest BCUT2D eigenvalue weighted by atomic mass is 10.1. The Bertz CT molecular complexity index is 993. The average Bonchev–Trinajstić information content (AvgIpc) is 2.79. The minimum atomic E-state index is -0.527. The van der Waals surface area contributed by atoms with Gasteiger partial charge in [-0.2, -0.15) is 5.26 Å². The third kappa shape index (κ3) is 6.24. The van der Waals surface area contributed by atoms with Crippen molar-refractivity contribution < 1.29 is 23.8 Å². The van der Waals surface area contributed by atoms with Gasteiger partial charge in [0.2, 0.25) is 0 Å². The van der Waals surface area contributed by atoms with Crippen molar-refractivity contribution in [1.29, 1.82) is 5.26 Å². The van der Waals surface area contributed by atoms with Crippen LogP contribution >= 0.6 is 0 Å². The molecule has 0 bridgehead atoms. The Labute approximate surface area is 181 Å². The molecule has 0 aliphatic rings. The Hall–Kier alpha value is -3.99. The molecule has 0 aromatic heterocycles. The Morgan fingerprint density at radius 2 is 1.77 bits per heavy atom. The Kier molecular flexibility index (Phi) is 8.46. The molecule has 0 aliphatic heterocycles. The molecular weight excluding hydrogens is 398 g/mol. The van der Waals surface area contributed by atoms with Gasteiger partial charge in [0, 0.05) is 11.9 Å². The quantitative estimate of drug-likeness (QED) is 0.360. The van der Waals surface area contributed by atoms with Crippen molar-refractivity contribution in [2.75, 3.05) is 26.1 Å². The van der Waals surface area contributed by atoms with Crippen molar-refractivity contribution >= 4 is 17.6 Å². The van der Waals surface area contributed by atoms with E-state index in [1.807, 2.05) is 12.1 Å². The number of methoxy groups -OCH3 is 2. The van der Waals surface area contributed by atoms with Crippen LogP contribution in [-0.4, -0.2) is 32.7 Å². The Morgan fingerprint density at radius 3 is 2.35 bits per heavy atom. The second kappa shape index (κ2) is 11.3. The maximum absolute atomic E-state index is 12.5. The van der Waals surface area contributed by atoms with Gasteiger partial charge in [-0.25, -0.2) is 4.79 Å². The second-order valence-corrected chi connectivity index (χ2v) is 6.42. The summed E-state index contributed by atoms with van der Waals surface area (Å²) in [4.78, 5) is 24.2. The Morgan fingerprint density at radius 1 is 1.10 bits per heavy atom. The van der Waals surface area contributed by atoms with Gasteiger partial charge in [0.25, 0.3) is 5.91 Å². The first kappa shape index (κ1) is 23.3. The van der Waals surface area contributed by atoms with Gasteiger partial charge in [-0.05, 0) is 55.8 Å². The molecule has 0 saturated heterocycles. The molecule has 2 aromatic carbocycles. The number of carbonyl (C=O) groups excluding carboxylic acids is 2. The molecule has 8 nitrogen and oxygen atoms in total. The highest BCUT2D eigenvalue weighted by Gasteiger charge is 2.16. The van der Waals surface area contributed by atoms with Crippen molar-refractivity contribution in [1.82, 2.24) is 5.32 Å². The molecule has 0 radical (unpaired) electrons. The first-order valence-corrected chi connectivity index (χ1v) is 9.60. The van der Waals surface area contributed by atoms with Crippen LogP contribution in [0.3, 0.4) is 0 Å². The number of ether oxygens (including phenoxy) is 3. The summed E-state index contributed by atoms with van der Waals surface area (Å²) < 4.78 is 15.4. The van der Waals surface area contributed by atoms with Crippen molar-refractivity contribution in [2.24, 2.45) is 0 Å². The molecule has 2 rings (SSSR count). The zero-order valence-electron chi connectivity index (χ0n) is 17.9. The summed E-state index contributed by atoms with van der Waals surface area (Å²) in [5, 5.41) is 15.0. The highest BCUT2D eigenvalue weighted by Crippen LogP contribution is 2.29. The summed E-state index contributed by atoms with van der Waals surface area (Å²) in [6.07, 6.45) is 1.32. The summed E-state index contributed by atoms with van der Waals surface area (Å²) in [6, 6.07) is 13.3. The van der Waals surface area contributed by atoms with Crippen LogP contribution in [0.25, 0.3) is 0 Å². The number of hydrogen-bond donors (Lipinski definition) is 2. The minimum absolute atomic E-state index is 0.0956. The van der Waals surface area contributed by atoms with E-state index in [0.717, 1.165) is 5.56 Å². The number of rotatable bonds is 9. The summed E-state index contributed by atoms with van der Waals surface area (Å²) >= 11 is 0. The van der Waals surface area contributed by atoms with Gasteiger partial charge in [0.05, 0.1) is 32.4 Å². The molecule has 8 heteroatoms. The molecule has 162 valence electrons. The predicted molar refractivity (Wildman–Crippen MR) is 116 cm³/mol. The molecular formula is C23H25N3O5. The van der Waals surface area contributed by atoms with Crippen molar-refractivity contribution in [3.63, 3.8) is 0 Å². The highest BCUT2D eigenvalue weighted by atomic mass is 16.5. The molecule has 0 heterocycles. The molecule has 0 fully saturated rings. The topological polar surface area (TPSA) is 110 Å². The molecule has 1 atom stereocenters. The maximum Gasteiger partial charge on any atom is 0.338 e. The number of nitrogens with one attached hydrogen (secondary N) is 2. The summed E-state index contributed by atoms with van der Waals surface area (Å²) in [5.41, 5.74) is 1.73. The zero-order valence-corrected chi connectivity index (χ0v) is 17.9. The first-order chi connectivity index (χ1) is 14.9. The van der Waals surface area contributed by atoms with Gasteiger partial charge in [-0.1, -0.05) is 6.07 Å². The first-order valence-electron chi connectivity index (χ1n) is 9.60. The molecule has 2 N–H and O–H groups in total. The molecule has 1 unspecified atom stereocenters. The van der Waals surface area contributed by atoms with Crippen LogP contribution < -0.4 is 20.1 Å². The molecule has 31 heavy (non-hydrogen) atoms. The largest absolute Gasteiger partial charge is 0.493 e. The number of benzene rings is 2.